The van der Waals surface area contributed by atoms with Crippen LogP contribution in [-0.4, -0.2) is 23.4 Å². The number of nitrogens with one attached hydrogen (secondary N) is 3. The maximum absolute atomic E-state index is 10.8. The van der Waals surface area contributed by atoms with Crippen LogP contribution in [0.2, 0.25) is 0 Å². The largest absolute Gasteiger partial charge is 0.352 e. The Kier molecular flexibility index (Phi) is 1.13. The van der Waals surface area contributed by atoms with Crippen LogP contribution in [-0.2, 0) is 4.79 Å². The number of carbonyl (C=O) groups excluding carboxylic acids is 1. The quantitative estimate of drug-likeness (QED) is 0.416. The molecule has 0 radical (unpaired) electrons. The molecule has 1 amide bonds. The van der Waals surface area contributed by atoms with E-state index in [1.54, 1.807) is 0 Å². The molecule has 4 nitrogen and oxygen atoms in total. The summed E-state index contributed by atoms with van der Waals surface area (Å²) in [5, 5.41) is 17.4. The van der Waals surface area contributed by atoms with Gasteiger partial charge in [-0.25, -0.2) is 0 Å². The van der Waals surface area contributed by atoms with Gasteiger partial charge in [-0.2, -0.15) is 0 Å². The van der Waals surface area contributed by atoms with Crippen molar-refractivity contribution in [3.63, 3.8) is 0 Å². The third-order valence-corrected chi connectivity index (χ3v) is 2.36. The van der Waals surface area contributed by atoms with E-state index in [4.69, 9.17) is 10.8 Å². The van der Waals surface area contributed by atoms with Crippen molar-refractivity contribution in [2.75, 3.05) is 0 Å². The Balaban J connectivity index is 2.14. The monoisotopic (exact) mass is 151 g/mol. The van der Waals surface area contributed by atoms with E-state index in [2.05, 4.69) is 5.32 Å². The van der Waals surface area contributed by atoms with E-state index in [0.717, 1.165) is 0 Å². The lowest BCUT2D eigenvalue weighted by molar-refractivity contribution is -0.134. The first-order valence-electron chi connectivity index (χ1n) is 3.64. The fourth-order valence-electron chi connectivity index (χ4n) is 1.59. The van der Waals surface area contributed by atoms with Gasteiger partial charge in [0.15, 0.2) is 0 Å². The zero-order valence-electron chi connectivity index (χ0n) is 5.98. The Morgan fingerprint density at radius 1 is 1.27 bits per heavy atom. The first-order valence-corrected chi connectivity index (χ1v) is 3.64. The van der Waals surface area contributed by atoms with E-state index >= 15 is 0 Å². The Hall–Kier alpha value is -1.19. The molecule has 2 atom stereocenters. The van der Waals surface area contributed by atoms with Gasteiger partial charge in [0.05, 0.1) is 17.3 Å². The molecule has 1 saturated carbocycles. The summed E-state index contributed by atoms with van der Waals surface area (Å²) in [6.07, 6.45) is 1.02. The topological polar surface area (TPSA) is 76.8 Å². The minimum atomic E-state index is -0.00315. The number of rotatable bonds is 0. The molecule has 1 aliphatic carbocycles. The van der Waals surface area contributed by atoms with Crippen molar-refractivity contribution in [3.8, 4) is 0 Å². The summed E-state index contributed by atoms with van der Waals surface area (Å²) >= 11 is 0. The summed E-state index contributed by atoms with van der Waals surface area (Å²) in [6, 6.07) is 0.157. The van der Waals surface area contributed by atoms with Gasteiger partial charge < -0.3 is 16.1 Å². The molecule has 11 heavy (non-hydrogen) atoms. The summed E-state index contributed by atoms with van der Waals surface area (Å²) in [5.74, 6) is 0.0452. The van der Waals surface area contributed by atoms with Crippen molar-refractivity contribution < 1.29 is 4.79 Å². The van der Waals surface area contributed by atoms with Crippen molar-refractivity contribution in [3.05, 3.63) is 0 Å². The van der Waals surface area contributed by atoms with Gasteiger partial charge in [0.25, 0.3) is 0 Å². The van der Waals surface area contributed by atoms with Crippen molar-refractivity contribution in [2.45, 2.75) is 18.9 Å². The zero-order chi connectivity index (χ0) is 8.01. The SMILES string of the molecule is N=C1CC2NC(=O)C2CC1=N. The summed E-state index contributed by atoms with van der Waals surface area (Å²) < 4.78 is 0. The van der Waals surface area contributed by atoms with Crippen LogP contribution in [0.3, 0.4) is 0 Å². The maximum Gasteiger partial charge on any atom is 0.225 e. The highest BCUT2D eigenvalue weighted by Gasteiger charge is 2.43. The molecule has 0 aromatic rings. The van der Waals surface area contributed by atoms with E-state index in [1.165, 1.54) is 0 Å². The van der Waals surface area contributed by atoms with Crippen molar-refractivity contribution >= 4 is 17.3 Å². The number of carbonyl (C=O) groups is 1. The summed E-state index contributed by atoms with van der Waals surface area (Å²) in [6.45, 7) is 0. The highest BCUT2D eigenvalue weighted by Crippen LogP contribution is 2.27. The molecule has 4 heteroatoms. The molecular weight excluding hydrogens is 142 g/mol. The van der Waals surface area contributed by atoms with E-state index in [9.17, 15) is 4.79 Å². The number of amides is 1. The molecule has 0 bridgehead atoms. The lowest BCUT2D eigenvalue weighted by Crippen LogP contribution is -2.62. The van der Waals surface area contributed by atoms with E-state index in [1.807, 2.05) is 0 Å². The standard InChI is InChI=1S/C7H9N3O/c8-4-1-3-6(2-5(4)9)10-7(3)11/h3,6,8-9H,1-2H2,(H,10,11). The smallest absolute Gasteiger partial charge is 0.225 e. The minimum absolute atomic E-state index is 0.00315. The lowest BCUT2D eigenvalue weighted by Gasteiger charge is -2.40. The molecule has 0 spiro atoms. The second-order valence-electron chi connectivity index (χ2n) is 3.09. The second kappa shape index (κ2) is 1.90. The third-order valence-electron chi connectivity index (χ3n) is 2.36. The predicted molar refractivity (Wildman–Crippen MR) is 40.1 cm³/mol. The normalized spacial score (nSPS) is 35.8. The predicted octanol–water partition coefficient (Wildman–Crippen LogP) is -0.0657. The molecule has 58 valence electrons. The average Bonchev–Trinajstić information content (AvgIpc) is 1.97. The van der Waals surface area contributed by atoms with Crippen LogP contribution in [0, 0.1) is 16.7 Å². The average molecular weight is 151 g/mol. The molecule has 0 aromatic heterocycles. The van der Waals surface area contributed by atoms with Gasteiger partial charge in [0.1, 0.15) is 0 Å². The Morgan fingerprint density at radius 3 is 2.55 bits per heavy atom. The molecule has 3 N–H and O–H groups in total. The Labute approximate surface area is 64.0 Å². The number of hydrogen-bond donors (Lipinski definition) is 3. The van der Waals surface area contributed by atoms with Gasteiger partial charge in [0, 0.05) is 18.9 Å². The zero-order valence-corrected chi connectivity index (χ0v) is 5.98. The Bertz CT molecular complexity index is 258. The van der Waals surface area contributed by atoms with Crippen LogP contribution in [0.15, 0.2) is 0 Å². The van der Waals surface area contributed by atoms with Crippen LogP contribution < -0.4 is 5.32 Å². The second-order valence-corrected chi connectivity index (χ2v) is 3.09. The third kappa shape index (κ3) is 0.785. The van der Waals surface area contributed by atoms with Crippen LogP contribution in [0.1, 0.15) is 12.8 Å². The summed E-state index contributed by atoms with van der Waals surface area (Å²) in [7, 11) is 0. The first kappa shape index (κ1) is 6.52. The molecule has 1 aliphatic heterocycles. The number of hydrogen-bond acceptors (Lipinski definition) is 3. The molecular formula is C7H9N3O. The fraction of sp³-hybridized carbons (Fsp3) is 0.571. The van der Waals surface area contributed by atoms with Crippen LogP contribution in [0.25, 0.3) is 0 Å². The van der Waals surface area contributed by atoms with E-state index < -0.39 is 0 Å². The molecule has 2 unspecified atom stereocenters. The van der Waals surface area contributed by atoms with Crippen molar-refractivity contribution in [1.29, 1.82) is 10.8 Å². The molecule has 1 heterocycles. The van der Waals surface area contributed by atoms with Gasteiger partial charge in [0.2, 0.25) is 5.91 Å². The van der Waals surface area contributed by atoms with Crippen molar-refractivity contribution in [1.82, 2.24) is 5.32 Å². The lowest BCUT2D eigenvalue weighted by atomic mass is 9.76. The van der Waals surface area contributed by atoms with E-state index in [-0.39, 0.29) is 17.9 Å². The molecule has 0 aromatic carbocycles. The first-order chi connectivity index (χ1) is 5.18. The minimum Gasteiger partial charge on any atom is -0.352 e. The number of β-lactam (4-membered cyclic amide) rings is 1. The van der Waals surface area contributed by atoms with Crippen LogP contribution in [0.5, 0.6) is 0 Å². The summed E-state index contributed by atoms with van der Waals surface area (Å²) in [5.41, 5.74) is 0.715. The van der Waals surface area contributed by atoms with Gasteiger partial charge in [-0.15, -0.1) is 0 Å². The maximum atomic E-state index is 10.8. The van der Waals surface area contributed by atoms with Gasteiger partial charge >= 0.3 is 0 Å². The van der Waals surface area contributed by atoms with E-state index in [0.29, 0.717) is 24.3 Å². The molecule has 1 saturated heterocycles. The molecule has 2 rings (SSSR count). The fourth-order valence-corrected chi connectivity index (χ4v) is 1.59. The van der Waals surface area contributed by atoms with Gasteiger partial charge in [-0.05, 0) is 0 Å². The van der Waals surface area contributed by atoms with Gasteiger partial charge in [-0.1, -0.05) is 0 Å². The molecule has 2 fully saturated rings. The van der Waals surface area contributed by atoms with Crippen LogP contribution >= 0.6 is 0 Å². The summed E-state index contributed by atoms with van der Waals surface area (Å²) in [4.78, 5) is 10.8. The number of fused-ring (bicyclic) bond motifs is 1. The van der Waals surface area contributed by atoms with Crippen molar-refractivity contribution in [2.24, 2.45) is 5.92 Å². The molecule has 2 aliphatic rings. The Morgan fingerprint density at radius 2 is 1.91 bits per heavy atom. The highest BCUT2D eigenvalue weighted by molar-refractivity contribution is 6.41. The highest BCUT2D eigenvalue weighted by atomic mass is 16.2. The van der Waals surface area contributed by atoms with Crippen LogP contribution in [0.4, 0.5) is 0 Å². The van der Waals surface area contributed by atoms with Gasteiger partial charge in [-0.3, -0.25) is 4.79 Å².